The van der Waals surface area contributed by atoms with Gasteiger partial charge < -0.3 is 5.11 Å². The number of rotatable bonds is 4. The van der Waals surface area contributed by atoms with Crippen LogP contribution in [0.3, 0.4) is 0 Å². The van der Waals surface area contributed by atoms with Crippen LogP contribution in [-0.4, -0.2) is 23.1 Å². The molecule has 1 rings (SSSR count). The number of carbonyl (C=O) groups is 1. The van der Waals surface area contributed by atoms with Crippen LogP contribution in [0.1, 0.15) is 46.5 Å². The highest BCUT2D eigenvalue weighted by molar-refractivity contribution is 7.98. The minimum absolute atomic E-state index is 0.0965. The Hall–Kier alpha value is -0.180. The van der Waals surface area contributed by atoms with E-state index in [0.717, 1.165) is 31.4 Å². The van der Waals surface area contributed by atoms with Crippen LogP contribution in [0.2, 0.25) is 0 Å². The fourth-order valence-electron chi connectivity index (χ4n) is 2.96. The largest absolute Gasteiger partial charge is 0.481 e. The third kappa shape index (κ3) is 4.20. The number of aliphatic carboxylic acids is 1. The molecule has 1 fully saturated rings. The molecule has 0 heterocycles. The van der Waals surface area contributed by atoms with Crippen molar-refractivity contribution in [2.24, 2.45) is 23.2 Å². The fourth-order valence-corrected chi connectivity index (χ4v) is 3.50. The molecule has 100 valence electrons. The van der Waals surface area contributed by atoms with Gasteiger partial charge in [-0.25, -0.2) is 0 Å². The molecule has 0 radical (unpaired) electrons. The molecule has 1 aliphatic rings. The molecular weight excluding hydrogens is 232 g/mol. The second-order valence-electron chi connectivity index (χ2n) is 6.36. The van der Waals surface area contributed by atoms with Gasteiger partial charge in [-0.1, -0.05) is 20.8 Å². The van der Waals surface area contributed by atoms with Gasteiger partial charge in [-0.05, 0) is 54.9 Å². The first kappa shape index (κ1) is 14.9. The smallest absolute Gasteiger partial charge is 0.306 e. The van der Waals surface area contributed by atoms with Crippen molar-refractivity contribution >= 4 is 17.7 Å². The van der Waals surface area contributed by atoms with Crippen LogP contribution in [0.5, 0.6) is 0 Å². The highest BCUT2D eigenvalue weighted by Gasteiger charge is 2.38. The van der Waals surface area contributed by atoms with Crippen molar-refractivity contribution in [1.82, 2.24) is 0 Å². The van der Waals surface area contributed by atoms with Crippen LogP contribution < -0.4 is 0 Å². The van der Waals surface area contributed by atoms with E-state index >= 15 is 0 Å². The summed E-state index contributed by atoms with van der Waals surface area (Å²) in [5.41, 5.74) is 0.321. The lowest BCUT2D eigenvalue weighted by molar-refractivity contribution is -0.146. The van der Waals surface area contributed by atoms with Gasteiger partial charge in [0.05, 0.1) is 5.92 Å². The minimum atomic E-state index is -0.580. The molecule has 0 saturated heterocycles. The van der Waals surface area contributed by atoms with Crippen LogP contribution in [0.4, 0.5) is 0 Å². The quantitative estimate of drug-likeness (QED) is 0.831. The highest BCUT2D eigenvalue weighted by Crippen LogP contribution is 2.44. The lowest BCUT2D eigenvalue weighted by Crippen LogP contribution is -2.35. The molecule has 0 aromatic heterocycles. The Morgan fingerprint density at radius 3 is 2.47 bits per heavy atom. The Morgan fingerprint density at radius 1 is 1.35 bits per heavy atom. The Bertz CT molecular complexity index is 257. The van der Waals surface area contributed by atoms with Gasteiger partial charge in [0.25, 0.3) is 0 Å². The molecule has 0 amide bonds. The van der Waals surface area contributed by atoms with E-state index in [1.807, 2.05) is 11.8 Å². The third-order valence-corrected chi connectivity index (χ3v) is 4.86. The fraction of sp³-hybridized carbons (Fsp3) is 0.929. The van der Waals surface area contributed by atoms with E-state index in [-0.39, 0.29) is 5.92 Å². The van der Waals surface area contributed by atoms with Gasteiger partial charge in [0, 0.05) is 0 Å². The third-order valence-electron chi connectivity index (χ3n) is 4.22. The summed E-state index contributed by atoms with van der Waals surface area (Å²) in [6.07, 6.45) is 6.21. The molecule has 0 aromatic carbocycles. The predicted molar refractivity (Wildman–Crippen MR) is 74.4 cm³/mol. The zero-order valence-electron chi connectivity index (χ0n) is 11.5. The standard InChI is InChI=1S/C14H26O2S/c1-14(2,3)11-5-6-12(13(15)16)10(9-11)7-8-17-4/h10-12H,5-9H2,1-4H3,(H,15,16). The molecule has 0 spiro atoms. The minimum Gasteiger partial charge on any atom is -0.481 e. The van der Waals surface area contributed by atoms with Gasteiger partial charge in [-0.15, -0.1) is 0 Å². The van der Waals surface area contributed by atoms with E-state index < -0.39 is 5.97 Å². The zero-order chi connectivity index (χ0) is 13.1. The summed E-state index contributed by atoms with van der Waals surface area (Å²) in [6.45, 7) is 6.85. The molecule has 0 aliphatic heterocycles. The first-order chi connectivity index (χ1) is 7.86. The molecule has 0 aromatic rings. The number of hydrogen-bond donors (Lipinski definition) is 1. The van der Waals surface area contributed by atoms with E-state index in [1.54, 1.807) is 0 Å². The lowest BCUT2D eigenvalue weighted by Gasteiger charge is -2.40. The molecule has 3 unspecified atom stereocenters. The summed E-state index contributed by atoms with van der Waals surface area (Å²) >= 11 is 1.82. The molecule has 1 N–H and O–H groups in total. The van der Waals surface area contributed by atoms with E-state index in [0.29, 0.717) is 17.3 Å². The Morgan fingerprint density at radius 2 is 2.00 bits per heavy atom. The number of hydrogen-bond acceptors (Lipinski definition) is 2. The Kier molecular flexibility index (Phi) is 5.36. The molecule has 3 heteroatoms. The zero-order valence-corrected chi connectivity index (χ0v) is 12.3. The normalized spacial score (nSPS) is 30.2. The molecule has 1 saturated carbocycles. The monoisotopic (exact) mass is 258 g/mol. The first-order valence-electron chi connectivity index (χ1n) is 6.58. The van der Waals surface area contributed by atoms with Gasteiger partial charge >= 0.3 is 5.97 Å². The average molecular weight is 258 g/mol. The molecule has 17 heavy (non-hydrogen) atoms. The molecule has 3 atom stereocenters. The van der Waals surface area contributed by atoms with Gasteiger partial charge in [0.1, 0.15) is 0 Å². The number of thioether (sulfide) groups is 1. The van der Waals surface area contributed by atoms with Crippen molar-refractivity contribution in [2.75, 3.05) is 12.0 Å². The van der Waals surface area contributed by atoms with Crippen LogP contribution in [0, 0.1) is 23.2 Å². The topological polar surface area (TPSA) is 37.3 Å². The SMILES string of the molecule is CSCCC1CC(C(C)(C)C)CCC1C(=O)O. The van der Waals surface area contributed by atoms with Gasteiger partial charge in [0.15, 0.2) is 0 Å². The van der Waals surface area contributed by atoms with Crippen LogP contribution >= 0.6 is 11.8 Å². The van der Waals surface area contributed by atoms with E-state index in [2.05, 4.69) is 27.0 Å². The van der Waals surface area contributed by atoms with Crippen molar-refractivity contribution in [2.45, 2.75) is 46.5 Å². The van der Waals surface area contributed by atoms with Crippen molar-refractivity contribution in [1.29, 1.82) is 0 Å². The van der Waals surface area contributed by atoms with Gasteiger partial charge in [0.2, 0.25) is 0 Å². The molecule has 1 aliphatic carbocycles. The van der Waals surface area contributed by atoms with Crippen LogP contribution in [0.25, 0.3) is 0 Å². The maximum absolute atomic E-state index is 11.3. The van der Waals surface area contributed by atoms with Crippen molar-refractivity contribution in [3.8, 4) is 0 Å². The summed E-state index contributed by atoms with van der Waals surface area (Å²) in [7, 11) is 0. The van der Waals surface area contributed by atoms with Gasteiger partial charge in [-0.2, -0.15) is 11.8 Å². The maximum atomic E-state index is 11.3. The van der Waals surface area contributed by atoms with Gasteiger partial charge in [-0.3, -0.25) is 4.79 Å². The highest BCUT2D eigenvalue weighted by atomic mass is 32.2. The lowest BCUT2D eigenvalue weighted by atomic mass is 9.65. The Labute approximate surface area is 110 Å². The summed E-state index contributed by atoms with van der Waals surface area (Å²) in [5.74, 6) is 1.48. The van der Waals surface area contributed by atoms with Crippen LogP contribution in [0.15, 0.2) is 0 Å². The van der Waals surface area contributed by atoms with Crippen molar-refractivity contribution in [3.05, 3.63) is 0 Å². The van der Waals surface area contributed by atoms with E-state index in [4.69, 9.17) is 0 Å². The Balaban J connectivity index is 2.66. The van der Waals surface area contributed by atoms with E-state index in [1.165, 1.54) is 0 Å². The average Bonchev–Trinajstić information content (AvgIpc) is 2.24. The second kappa shape index (κ2) is 6.12. The van der Waals surface area contributed by atoms with Crippen molar-refractivity contribution in [3.63, 3.8) is 0 Å². The summed E-state index contributed by atoms with van der Waals surface area (Å²) < 4.78 is 0. The molecule has 0 bridgehead atoms. The van der Waals surface area contributed by atoms with Crippen molar-refractivity contribution < 1.29 is 9.90 Å². The first-order valence-corrected chi connectivity index (χ1v) is 7.97. The number of carboxylic acid groups (broad SMARTS) is 1. The summed E-state index contributed by atoms with van der Waals surface area (Å²) in [6, 6.07) is 0. The van der Waals surface area contributed by atoms with Crippen LogP contribution in [-0.2, 0) is 4.79 Å². The van der Waals surface area contributed by atoms with E-state index in [9.17, 15) is 9.90 Å². The molecule has 2 nitrogen and oxygen atoms in total. The predicted octanol–water partition coefficient (Wildman–Crippen LogP) is 3.90. The number of carboxylic acids is 1. The summed E-state index contributed by atoms with van der Waals surface area (Å²) in [5, 5.41) is 9.29. The summed E-state index contributed by atoms with van der Waals surface area (Å²) in [4.78, 5) is 11.3. The second-order valence-corrected chi connectivity index (χ2v) is 7.35. The maximum Gasteiger partial charge on any atom is 0.306 e. The molecular formula is C14H26O2S.